The van der Waals surface area contributed by atoms with Crippen LogP contribution in [0.2, 0.25) is 0 Å². The first-order valence-corrected chi connectivity index (χ1v) is 5.84. The van der Waals surface area contributed by atoms with Crippen molar-refractivity contribution in [1.82, 2.24) is 9.78 Å². The van der Waals surface area contributed by atoms with Crippen LogP contribution in [-0.2, 0) is 4.79 Å². The van der Waals surface area contributed by atoms with E-state index in [9.17, 15) is 9.59 Å². The Kier molecular flexibility index (Phi) is 4.43. The summed E-state index contributed by atoms with van der Waals surface area (Å²) in [7, 11) is 1.89. The average molecular weight is 237 g/mol. The molecule has 1 heterocycles. The summed E-state index contributed by atoms with van der Waals surface area (Å²) in [6.45, 7) is 6.27. The first kappa shape index (κ1) is 13.4. The van der Waals surface area contributed by atoms with Crippen molar-refractivity contribution in [2.24, 2.45) is 0 Å². The van der Waals surface area contributed by atoms with E-state index < -0.39 is 6.04 Å². The summed E-state index contributed by atoms with van der Waals surface area (Å²) in [4.78, 5) is 25.3. The molecule has 5 heteroatoms. The summed E-state index contributed by atoms with van der Waals surface area (Å²) >= 11 is 0. The maximum absolute atomic E-state index is 11.8. The topological polar surface area (TPSA) is 55.2 Å². The van der Waals surface area contributed by atoms with Crippen molar-refractivity contribution >= 4 is 11.5 Å². The van der Waals surface area contributed by atoms with Crippen LogP contribution in [0.5, 0.6) is 0 Å². The van der Waals surface area contributed by atoms with E-state index in [4.69, 9.17) is 0 Å². The van der Waals surface area contributed by atoms with Gasteiger partial charge in [0.05, 0.1) is 11.9 Å². The quantitative estimate of drug-likeness (QED) is 0.773. The van der Waals surface area contributed by atoms with Crippen LogP contribution in [0.4, 0.5) is 5.69 Å². The molecule has 94 valence electrons. The van der Waals surface area contributed by atoms with Gasteiger partial charge in [0.15, 0.2) is 5.78 Å². The number of anilines is 1. The molecule has 0 aliphatic rings. The maximum atomic E-state index is 11.8. The van der Waals surface area contributed by atoms with Gasteiger partial charge in [-0.2, -0.15) is 5.10 Å². The van der Waals surface area contributed by atoms with E-state index in [-0.39, 0.29) is 11.3 Å². The number of Topliss-reactive ketones (excluding diaryl/α,β-unsaturated/α-hetero) is 1. The Balaban J connectivity index is 3.06. The summed E-state index contributed by atoms with van der Waals surface area (Å²) in [5, 5.41) is 4.06. The van der Waals surface area contributed by atoms with Crippen molar-refractivity contribution in [3.8, 4) is 0 Å². The number of hydrogen-bond donors (Lipinski definition) is 0. The van der Waals surface area contributed by atoms with Gasteiger partial charge in [0.1, 0.15) is 6.04 Å². The summed E-state index contributed by atoms with van der Waals surface area (Å²) in [6.07, 6.45) is 2.02. The van der Waals surface area contributed by atoms with Crippen LogP contribution in [0.1, 0.15) is 33.2 Å². The Morgan fingerprint density at radius 2 is 2.18 bits per heavy atom. The second-order valence-corrected chi connectivity index (χ2v) is 4.01. The predicted octanol–water partition coefficient (Wildman–Crippen LogP) is 1.24. The van der Waals surface area contributed by atoms with Crippen molar-refractivity contribution < 1.29 is 4.79 Å². The Labute approximate surface area is 101 Å². The molecule has 5 nitrogen and oxygen atoms in total. The molecule has 0 N–H and O–H groups in total. The Morgan fingerprint density at radius 1 is 1.53 bits per heavy atom. The fraction of sp³-hybridized carbons (Fsp3) is 0.583. The van der Waals surface area contributed by atoms with Crippen LogP contribution in [0.3, 0.4) is 0 Å². The van der Waals surface area contributed by atoms with Gasteiger partial charge < -0.3 is 4.90 Å². The van der Waals surface area contributed by atoms with Crippen LogP contribution in [0, 0.1) is 0 Å². The standard InChI is InChI=1S/C12H19N3O2/c1-5-11(16)9(3)15-12(17)7-10(8-13-15)14(4)6-2/h7-9H,5-6H2,1-4H3. The van der Waals surface area contributed by atoms with Crippen molar-refractivity contribution in [1.29, 1.82) is 0 Å². The molecule has 0 spiro atoms. The van der Waals surface area contributed by atoms with Crippen molar-refractivity contribution in [2.75, 3.05) is 18.5 Å². The predicted molar refractivity (Wildman–Crippen MR) is 67.5 cm³/mol. The molecular formula is C12H19N3O2. The molecule has 0 saturated heterocycles. The van der Waals surface area contributed by atoms with Crippen LogP contribution in [0.25, 0.3) is 0 Å². The van der Waals surface area contributed by atoms with Crippen molar-refractivity contribution in [3.63, 3.8) is 0 Å². The fourth-order valence-electron chi connectivity index (χ4n) is 1.52. The van der Waals surface area contributed by atoms with E-state index in [1.165, 1.54) is 10.7 Å². The van der Waals surface area contributed by atoms with Gasteiger partial charge in [-0.1, -0.05) is 6.92 Å². The van der Waals surface area contributed by atoms with Crippen LogP contribution >= 0.6 is 0 Å². The highest BCUT2D eigenvalue weighted by Crippen LogP contribution is 2.09. The molecule has 17 heavy (non-hydrogen) atoms. The lowest BCUT2D eigenvalue weighted by Crippen LogP contribution is -2.31. The third-order valence-electron chi connectivity index (χ3n) is 2.91. The third-order valence-corrected chi connectivity index (χ3v) is 2.91. The van der Waals surface area contributed by atoms with Gasteiger partial charge in [-0.3, -0.25) is 9.59 Å². The number of rotatable bonds is 5. The van der Waals surface area contributed by atoms with Crippen molar-refractivity contribution in [3.05, 3.63) is 22.6 Å². The van der Waals surface area contributed by atoms with Crippen LogP contribution in [0.15, 0.2) is 17.1 Å². The average Bonchev–Trinajstić information content (AvgIpc) is 2.35. The van der Waals surface area contributed by atoms with E-state index in [2.05, 4.69) is 5.10 Å². The van der Waals surface area contributed by atoms with Gasteiger partial charge in [0.2, 0.25) is 0 Å². The van der Waals surface area contributed by atoms with Crippen molar-refractivity contribution in [2.45, 2.75) is 33.2 Å². The first-order valence-electron chi connectivity index (χ1n) is 5.84. The molecule has 1 rings (SSSR count). The zero-order chi connectivity index (χ0) is 13.0. The number of ketones is 1. The molecular weight excluding hydrogens is 218 g/mol. The highest BCUT2D eigenvalue weighted by Gasteiger charge is 2.15. The van der Waals surface area contributed by atoms with E-state index in [0.717, 1.165) is 12.2 Å². The lowest BCUT2D eigenvalue weighted by molar-refractivity contribution is -0.121. The molecule has 0 aromatic carbocycles. The summed E-state index contributed by atoms with van der Waals surface area (Å²) < 4.78 is 1.23. The summed E-state index contributed by atoms with van der Waals surface area (Å²) in [5.41, 5.74) is 0.530. The molecule has 1 unspecified atom stereocenters. The molecule has 0 radical (unpaired) electrons. The lowest BCUT2D eigenvalue weighted by Gasteiger charge is -2.17. The summed E-state index contributed by atoms with van der Waals surface area (Å²) in [6, 6.07) is 1.02. The molecule has 0 aliphatic heterocycles. The zero-order valence-electron chi connectivity index (χ0n) is 10.8. The van der Waals surface area contributed by atoms with E-state index in [1.807, 2.05) is 18.9 Å². The fourth-order valence-corrected chi connectivity index (χ4v) is 1.52. The number of carbonyl (C=O) groups is 1. The summed E-state index contributed by atoms with van der Waals surface area (Å²) in [5.74, 6) is 0.0104. The van der Waals surface area contributed by atoms with E-state index in [1.54, 1.807) is 20.0 Å². The van der Waals surface area contributed by atoms with Gasteiger partial charge in [-0.05, 0) is 13.8 Å². The van der Waals surface area contributed by atoms with Gasteiger partial charge in [-0.15, -0.1) is 0 Å². The Bertz CT molecular complexity index is 453. The van der Waals surface area contributed by atoms with E-state index in [0.29, 0.717) is 6.42 Å². The van der Waals surface area contributed by atoms with Gasteiger partial charge in [-0.25, -0.2) is 4.68 Å². The molecule has 1 aromatic heterocycles. The second kappa shape index (κ2) is 5.61. The molecule has 0 fully saturated rings. The normalized spacial score (nSPS) is 12.2. The number of aromatic nitrogens is 2. The number of hydrogen-bond acceptors (Lipinski definition) is 4. The maximum Gasteiger partial charge on any atom is 0.269 e. The lowest BCUT2D eigenvalue weighted by atomic mass is 10.2. The van der Waals surface area contributed by atoms with E-state index >= 15 is 0 Å². The molecule has 0 bridgehead atoms. The number of carbonyl (C=O) groups excluding carboxylic acids is 1. The molecule has 0 saturated carbocycles. The minimum atomic E-state index is -0.492. The van der Waals surface area contributed by atoms with Gasteiger partial charge >= 0.3 is 0 Å². The van der Waals surface area contributed by atoms with Crippen LogP contribution < -0.4 is 10.5 Å². The Morgan fingerprint density at radius 3 is 2.65 bits per heavy atom. The zero-order valence-corrected chi connectivity index (χ0v) is 10.8. The molecule has 0 amide bonds. The second-order valence-electron chi connectivity index (χ2n) is 4.01. The highest BCUT2D eigenvalue weighted by atomic mass is 16.1. The largest absolute Gasteiger partial charge is 0.373 e. The van der Waals surface area contributed by atoms with Crippen LogP contribution in [-0.4, -0.2) is 29.2 Å². The smallest absolute Gasteiger partial charge is 0.269 e. The SMILES string of the molecule is CCC(=O)C(C)n1ncc(N(C)CC)cc1=O. The minimum Gasteiger partial charge on any atom is -0.373 e. The molecule has 0 aliphatic carbocycles. The monoisotopic (exact) mass is 237 g/mol. The Hall–Kier alpha value is -1.65. The van der Waals surface area contributed by atoms with Gasteiger partial charge in [0.25, 0.3) is 5.56 Å². The molecule has 1 aromatic rings. The molecule has 1 atom stereocenters. The minimum absolute atomic E-state index is 0.0104. The van der Waals surface area contributed by atoms with Gasteiger partial charge in [0, 0.05) is 26.1 Å². The number of nitrogens with zero attached hydrogens (tertiary/aromatic N) is 3. The highest BCUT2D eigenvalue weighted by molar-refractivity contribution is 5.81. The first-order chi connectivity index (χ1) is 8.01. The third kappa shape index (κ3) is 2.93.